The van der Waals surface area contributed by atoms with Crippen molar-refractivity contribution >= 4 is 11.6 Å². The van der Waals surface area contributed by atoms with Crippen LogP contribution in [0.3, 0.4) is 0 Å². The third-order valence-corrected chi connectivity index (χ3v) is 3.03. The fraction of sp³-hybridized carbons (Fsp3) is 0.500. The topological polar surface area (TPSA) is 69.8 Å². The summed E-state index contributed by atoms with van der Waals surface area (Å²) in [6.45, 7) is 3.40. The summed E-state index contributed by atoms with van der Waals surface area (Å²) < 4.78 is 0. The van der Waals surface area contributed by atoms with Crippen molar-refractivity contribution in [3.63, 3.8) is 0 Å². The van der Waals surface area contributed by atoms with E-state index in [0.717, 1.165) is 5.56 Å². The lowest BCUT2D eigenvalue weighted by Crippen LogP contribution is -2.38. The molecule has 1 amide bonds. The molecule has 5 nitrogen and oxygen atoms in total. The van der Waals surface area contributed by atoms with Gasteiger partial charge in [-0.15, -0.1) is 0 Å². The maximum Gasteiger partial charge on any atom is 0.236 e. The maximum absolute atomic E-state index is 11.7. The van der Waals surface area contributed by atoms with Crippen molar-refractivity contribution in [3.05, 3.63) is 29.8 Å². The van der Waals surface area contributed by atoms with Crippen LogP contribution in [0.1, 0.15) is 18.6 Å². The number of benzene rings is 1. The fourth-order valence-corrected chi connectivity index (χ4v) is 1.75. The molecule has 0 aliphatic heterocycles. The predicted molar refractivity (Wildman–Crippen MR) is 76.6 cm³/mol. The number of amides is 1. The predicted octanol–water partition coefficient (Wildman–Crippen LogP) is 0.712. The molecule has 0 fully saturated rings. The van der Waals surface area contributed by atoms with Gasteiger partial charge in [0, 0.05) is 26.3 Å². The Morgan fingerprint density at radius 1 is 1.42 bits per heavy atom. The molecule has 19 heavy (non-hydrogen) atoms. The Kier molecular flexibility index (Phi) is 5.79. The molecule has 0 aliphatic carbocycles. The summed E-state index contributed by atoms with van der Waals surface area (Å²) in [5, 5.41) is 10.2. The van der Waals surface area contributed by atoms with Crippen molar-refractivity contribution in [2.75, 3.05) is 39.5 Å². The van der Waals surface area contributed by atoms with Crippen LogP contribution >= 0.6 is 0 Å². The van der Waals surface area contributed by atoms with Crippen molar-refractivity contribution < 1.29 is 9.90 Å². The standard InChI is InChI=1S/C14H23N3O2/c1-4-17(10-14(19)16(2)3)9-13(18)11-6-5-7-12(15)8-11/h5-8,13,18H,4,9-10,15H2,1-3H3. The summed E-state index contributed by atoms with van der Waals surface area (Å²) in [5.41, 5.74) is 7.10. The molecule has 0 bridgehead atoms. The van der Waals surface area contributed by atoms with Crippen molar-refractivity contribution in [1.82, 2.24) is 9.80 Å². The Labute approximate surface area is 114 Å². The first kappa shape index (κ1) is 15.5. The first-order valence-corrected chi connectivity index (χ1v) is 6.40. The summed E-state index contributed by atoms with van der Waals surface area (Å²) in [5.74, 6) is 0.0293. The molecule has 0 heterocycles. The van der Waals surface area contributed by atoms with E-state index in [4.69, 9.17) is 5.73 Å². The molecule has 1 aromatic rings. The first-order valence-electron chi connectivity index (χ1n) is 6.40. The molecule has 0 aliphatic rings. The van der Waals surface area contributed by atoms with Crippen LogP contribution in [0.4, 0.5) is 5.69 Å². The minimum Gasteiger partial charge on any atom is -0.399 e. The normalized spacial score (nSPS) is 12.5. The van der Waals surface area contributed by atoms with E-state index in [-0.39, 0.29) is 5.91 Å². The van der Waals surface area contributed by atoms with Crippen LogP contribution in [0.15, 0.2) is 24.3 Å². The second-order valence-corrected chi connectivity index (χ2v) is 4.80. The van der Waals surface area contributed by atoms with Gasteiger partial charge in [0.1, 0.15) is 0 Å². The van der Waals surface area contributed by atoms with E-state index in [1.54, 1.807) is 31.1 Å². The van der Waals surface area contributed by atoms with Gasteiger partial charge in [-0.25, -0.2) is 0 Å². The van der Waals surface area contributed by atoms with E-state index in [0.29, 0.717) is 25.3 Å². The Hall–Kier alpha value is -1.59. The van der Waals surface area contributed by atoms with E-state index in [1.807, 2.05) is 24.0 Å². The van der Waals surface area contributed by atoms with E-state index in [9.17, 15) is 9.90 Å². The van der Waals surface area contributed by atoms with Gasteiger partial charge in [0.2, 0.25) is 5.91 Å². The van der Waals surface area contributed by atoms with Gasteiger partial charge in [-0.2, -0.15) is 0 Å². The van der Waals surface area contributed by atoms with Gasteiger partial charge >= 0.3 is 0 Å². The second kappa shape index (κ2) is 7.11. The molecule has 0 saturated carbocycles. The highest BCUT2D eigenvalue weighted by molar-refractivity contribution is 5.77. The lowest BCUT2D eigenvalue weighted by Gasteiger charge is -2.24. The minimum atomic E-state index is -0.640. The fourth-order valence-electron chi connectivity index (χ4n) is 1.75. The number of carbonyl (C=O) groups excluding carboxylic acids is 1. The quantitative estimate of drug-likeness (QED) is 0.743. The van der Waals surface area contributed by atoms with Gasteiger partial charge in [0.15, 0.2) is 0 Å². The van der Waals surface area contributed by atoms with Crippen LogP contribution in [0.5, 0.6) is 0 Å². The molecule has 1 unspecified atom stereocenters. The van der Waals surface area contributed by atoms with Gasteiger partial charge in [0.05, 0.1) is 12.6 Å². The van der Waals surface area contributed by atoms with Gasteiger partial charge < -0.3 is 15.7 Å². The zero-order valence-corrected chi connectivity index (χ0v) is 11.8. The molecular formula is C14H23N3O2. The number of nitrogens with zero attached hydrogens (tertiary/aromatic N) is 2. The summed E-state index contributed by atoms with van der Waals surface area (Å²) in [6, 6.07) is 7.19. The minimum absolute atomic E-state index is 0.0293. The zero-order chi connectivity index (χ0) is 14.4. The number of nitrogens with two attached hydrogens (primary N) is 1. The Morgan fingerprint density at radius 2 is 2.11 bits per heavy atom. The maximum atomic E-state index is 11.7. The number of aliphatic hydroxyl groups is 1. The largest absolute Gasteiger partial charge is 0.399 e. The van der Waals surface area contributed by atoms with Crippen LogP contribution in [-0.4, -0.2) is 54.5 Å². The van der Waals surface area contributed by atoms with Gasteiger partial charge in [-0.3, -0.25) is 9.69 Å². The van der Waals surface area contributed by atoms with Crippen LogP contribution < -0.4 is 5.73 Å². The summed E-state index contributed by atoms with van der Waals surface area (Å²) in [6.07, 6.45) is -0.640. The van der Waals surface area contributed by atoms with Crippen molar-refractivity contribution in [2.24, 2.45) is 0 Å². The Morgan fingerprint density at radius 3 is 2.63 bits per heavy atom. The van der Waals surface area contributed by atoms with E-state index >= 15 is 0 Å². The number of carbonyl (C=O) groups is 1. The van der Waals surface area contributed by atoms with E-state index in [2.05, 4.69) is 0 Å². The molecule has 3 N–H and O–H groups in total. The molecule has 1 aromatic carbocycles. The van der Waals surface area contributed by atoms with Crippen molar-refractivity contribution in [2.45, 2.75) is 13.0 Å². The first-order chi connectivity index (χ1) is 8.93. The SMILES string of the molecule is CCN(CC(=O)N(C)C)CC(O)c1cccc(N)c1. The molecule has 106 valence electrons. The van der Waals surface area contributed by atoms with Crippen LogP contribution in [0.2, 0.25) is 0 Å². The highest BCUT2D eigenvalue weighted by atomic mass is 16.3. The monoisotopic (exact) mass is 265 g/mol. The van der Waals surface area contributed by atoms with E-state index < -0.39 is 6.10 Å². The average Bonchev–Trinajstić information content (AvgIpc) is 2.37. The summed E-state index contributed by atoms with van der Waals surface area (Å²) >= 11 is 0. The number of hydrogen-bond acceptors (Lipinski definition) is 4. The molecule has 0 spiro atoms. The van der Waals surface area contributed by atoms with Crippen LogP contribution in [0.25, 0.3) is 0 Å². The van der Waals surface area contributed by atoms with Gasteiger partial charge in [0.25, 0.3) is 0 Å². The molecular weight excluding hydrogens is 242 g/mol. The number of hydrogen-bond donors (Lipinski definition) is 2. The third kappa shape index (κ3) is 4.89. The highest BCUT2D eigenvalue weighted by Gasteiger charge is 2.16. The second-order valence-electron chi connectivity index (χ2n) is 4.80. The summed E-state index contributed by atoms with van der Waals surface area (Å²) in [7, 11) is 3.45. The average molecular weight is 265 g/mol. The number of anilines is 1. The number of rotatable bonds is 6. The Balaban J connectivity index is 2.63. The van der Waals surface area contributed by atoms with Gasteiger partial charge in [-0.1, -0.05) is 19.1 Å². The van der Waals surface area contributed by atoms with Crippen molar-refractivity contribution in [3.8, 4) is 0 Å². The highest BCUT2D eigenvalue weighted by Crippen LogP contribution is 2.16. The third-order valence-electron chi connectivity index (χ3n) is 3.03. The molecule has 0 saturated heterocycles. The number of nitrogen functional groups attached to an aromatic ring is 1. The van der Waals surface area contributed by atoms with E-state index in [1.165, 1.54) is 0 Å². The van der Waals surface area contributed by atoms with Crippen molar-refractivity contribution in [1.29, 1.82) is 0 Å². The van der Waals surface area contributed by atoms with Crippen LogP contribution in [-0.2, 0) is 4.79 Å². The lowest BCUT2D eigenvalue weighted by molar-refractivity contribution is -0.130. The lowest BCUT2D eigenvalue weighted by atomic mass is 10.1. The molecule has 1 rings (SSSR count). The Bertz CT molecular complexity index is 421. The smallest absolute Gasteiger partial charge is 0.236 e. The number of aliphatic hydroxyl groups excluding tert-OH is 1. The molecule has 1 atom stereocenters. The summed E-state index contributed by atoms with van der Waals surface area (Å²) in [4.78, 5) is 15.1. The number of likely N-dealkylation sites (N-methyl/N-ethyl adjacent to an activating group) is 2. The zero-order valence-electron chi connectivity index (χ0n) is 11.8. The van der Waals surface area contributed by atoms with Crippen LogP contribution in [0, 0.1) is 0 Å². The molecule has 5 heteroatoms. The molecule has 0 aromatic heterocycles. The molecule has 0 radical (unpaired) electrons. The van der Waals surface area contributed by atoms with Gasteiger partial charge in [-0.05, 0) is 24.2 Å².